The molecule has 0 bridgehead atoms. The number of hydrogen-bond donors (Lipinski definition) is 2. The maximum atomic E-state index is 13.4. The second-order valence-electron chi connectivity index (χ2n) is 32.0. The second kappa shape index (κ2) is 33.9. The molecule has 119 heavy (non-hydrogen) atoms. The average Bonchev–Trinajstić information content (AvgIpc) is 1.63. The number of aryl methyl sites for hydroxylation is 3. The van der Waals surface area contributed by atoms with Gasteiger partial charge >= 0.3 is 31.1 Å². The lowest BCUT2D eigenvalue weighted by Gasteiger charge is -2.35. The Kier molecular flexibility index (Phi) is 24.4. The average molecular weight is 1690 g/mol. The Balaban J connectivity index is 0.000000155. The minimum atomic E-state index is -2.99. The van der Waals surface area contributed by atoms with Crippen LogP contribution in [-0.4, -0.2) is 136 Å². The highest BCUT2D eigenvalue weighted by Crippen LogP contribution is 2.54. The summed E-state index contributed by atoms with van der Waals surface area (Å²) >= 11 is 18.7. The minimum absolute atomic E-state index is 0.00467. The van der Waals surface area contributed by atoms with Crippen molar-refractivity contribution in [3.05, 3.63) is 194 Å². The van der Waals surface area contributed by atoms with Gasteiger partial charge in [0, 0.05) is 104 Å². The van der Waals surface area contributed by atoms with Gasteiger partial charge in [0.1, 0.15) is 0 Å². The first-order valence-electron chi connectivity index (χ1n) is 38.3. The van der Waals surface area contributed by atoms with Gasteiger partial charge < -0.3 is 71.8 Å². The number of methoxy groups -OCH3 is 2. The van der Waals surface area contributed by atoms with Crippen molar-refractivity contribution >= 4 is 120 Å². The number of halogens is 7. The molecule has 12 aromatic rings. The van der Waals surface area contributed by atoms with E-state index in [4.69, 9.17) is 58.5 Å². The molecule has 6 aromatic heterocycles. The molecule has 624 valence electrons. The van der Waals surface area contributed by atoms with E-state index in [2.05, 4.69) is 72.1 Å². The Morgan fingerprint density at radius 1 is 0.412 bits per heavy atom. The number of aromatic hydroxyl groups is 1. The highest BCUT2D eigenvalue weighted by Gasteiger charge is 2.42. The first kappa shape index (κ1) is 85.7. The van der Waals surface area contributed by atoms with Crippen molar-refractivity contribution in [3.63, 3.8) is 0 Å². The number of carboxylic acid groups (broad SMARTS) is 1. The summed E-state index contributed by atoms with van der Waals surface area (Å²) in [6.45, 7) is 26.4. The molecule has 6 aromatic carbocycles. The number of aromatic nitrogens is 9. The quantitative estimate of drug-likeness (QED) is 0.0563. The fraction of sp³-hybridized carbons (Fsp3) is 0.352. The number of aliphatic carboxylic acids is 1. The predicted octanol–water partition coefficient (Wildman–Crippen LogP) is 20.5. The van der Waals surface area contributed by atoms with Gasteiger partial charge in [0.25, 0.3) is 0 Å². The van der Waals surface area contributed by atoms with Gasteiger partial charge in [0.05, 0.1) is 102 Å². The van der Waals surface area contributed by atoms with E-state index in [0.717, 1.165) is 123 Å². The van der Waals surface area contributed by atoms with Crippen molar-refractivity contribution in [1.29, 1.82) is 0 Å². The first-order valence-corrected chi connectivity index (χ1v) is 39.4. The van der Waals surface area contributed by atoms with Crippen LogP contribution in [0.25, 0.3) is 66.1 Å². The number of benzene rings is 6. The van der Waals surface area contributed by atoms with Crippen LogP contribution in [-0.2, 0) is 57.7 Å². The lowest BCUT2D eigenvalue weighted by atomic mass is 9.87. The van der Waals surface area contributed by atoms with Crippen molar-refractivity contribution in [2.45, 2.75) is 172 Å². The smallest absolute Gasteiger partial charge is 0.387 e. The van der Waals surface area contributed by atoms with Crippen LogP contribution in [0.15, 0.2) is 128 Å². The summed E-state index contributed by atoms with van der Waals surface area (Å²) < 4.78 is 95.9. The number of nitrogens with zero attached hydrogens (tertiary/aromatic N) is 12. The molecule has 0 aliphatic carbocycles. The van der Waals surface area contributed by atoms with Gasteiger partial charge in [-0.1, -0.05) is 71.2 Å². The molecule has 0 radical (unpaired) electrons. The SMILES string of the molecule is COC(=O)[C@@H](OC(C)(C)C)c1c(C)c2c3c(cc(C)n3CCN2c2ncc(O)cn2)c1-c1ccc(Cl)cc1.COC(=O)[C@@H](OC(C)(C)C)c1c(C)c2c3c(cc(C)n3CCN2c2ncc(OC(F)F)cn2)c1-c1ccc(Cl)cc1.Cc1c([C@H](OC(C)(C)C)C(=O)O)c(-c2ccc(Cl)cc2)c2cc(C)n3c2c1N(c1ncc(OC(F)F)cn1)CC3. The van der Waals surface area contributed by atoms with E-state index < -0.39 is 66.2 Å². The molecular weight excluding hydrogens is 1600 g/mol. The molecule has 0 fully saturated rings. The topological polar surface area (TPSA) is 258 Å². The number of alkyl halides is 4. The van der Waals surface area contributed by atoms with Crippen LogP contribution in [0.4, 0.5) is 52.5 Å². The van der Waals surface area contributed by atoms with Crippen molar-refractivity contribution in [2.24, 2.45) is 0 Å². The fourth-order valence-electron chi connectivity index (χ4n) is 16.1. The molecule has 3 atom stereocenters. The molecular formula is C88H91Cl3F4N12O12. The monoisotopic (exact) mass is 1690 g/mol. The Labute approximate surface area is 700 Å². The highest BCUT2D eigenvalue weighted by atomic mass is 35.5. The summed E-state index contributed by atoms with van der Waals surface area (Å²) in [6.07, 6.45) is 4.29. The standard InChI is InChI=1S/C30H31ClF2N4O4.C29H29ClF2N4O4.C29H31ClN4O4/c1-16-13-21-23(18-7-9-19(31)10-8-18)22(26(27(38)39-6)41-30(3,4)5)17(2)24-25(21)36(16)11-12-37(24)29-34-14-20(15-35-29)40-28(32)33;1-15-12-20-22(17-6-8-18(30)9-7-17)21(25(26(37)38)40-29(3,4)5)16(2)23-24(20)35(15)10-11-36(23)28-33-13-19(14-34-28)39-27(31)32;1-16-13-21-23(18-7-9-19(30)10-8-18)22(26(27(36)37-6)38-29(3,4)5)17(2)24-25(21)33(16)11-12-34(24)28-31-14-20(35)15-32-28/h7-10,13-15,26,28H,11-12H2,1-6H3;6-9,12-14,25,27H,10-11H2,1-5H3,(H,37,38);7-10,13-15,26,35H,11-12H2,1-6H3/t26-;25-;26-/m000/s1. The summed E-state index contributed by atoms with van der Waals surface area (Å²) in [5.74, 6) is -1.36. The van der Waals surface area contributed by atoms with E-state index >= 15 is 0 Å². The van der Waals surface area contributed by atoms with Crippen molar-refractivity contribution in [1.82, 2.24) is 43.6 Å². The van der Waals surface area contributed by atoms with Gasteiger partial charge in [-0.05, 0) is 209 Å². The number of carbonyl (C=O) groups excluding carboxylic acids is 2. The van der Waals surface area contributed by atoms with Gasteiger partial charge in [-0.3, -0.25) is 0 Å². The summed E-state index contributed by atoms with van der Waals surface area (Å²) in [5.41, 5.74) is 15.6. The van der Waals surface area contributed by atoms with Crippen LogP contribution in [0.3, 0.4) is 0 Å². The summed E-state index contributed by atoms with van der Waals surface area (Å²) in [5, 5.41) is 24.8. The molecule has 15 rings (SSSR count). The number of carbonyl (C=O) groups is 3. The number of anilines is 6. The molecule has 0 amide bonds. The number of carboxylic acids is 1. The van der Waals surface area contributed by atoms with Crippen molar-refractivity contribution < 1.29 is 75.3 Å². The molecule has 3 aliphatic heterocycles. The Morgan fingerprint density at radius 3 is 0.924 bits per heavy atom. The lowest BCUT2D eigenvalue weighted by molar-refractivity contribution is -0.164. The number of hydrogen-bond acceptors (Lipinski definition) is 20. The van der Waals surface area contributed by atoms with Crippen LogP contribution in [0.2, 0.25) is 15.1 Å². The summed E-state index contributed by atoms with van der Waals surface area (Å²) in [6, 6.07) is 28.7. The molecule has 24 nitrogen and oxygen atoms in total. The van der Waals surface area contributed by atoms with Crippen molar-refractivity contribution in [2.75, 3.05) is 48.6 Å². The molecule has 9 heterocycles. The second-order valence-corrected chi connectivity index (χ2v) is 33.3. The molecule has 3 aliphatic rings. The van der Waals surface area contributed by atoms with Gasteiger partial charge in [-0.15, -0.1) is 0 Å². The third kappa shape index (κ3) is 17.5. The molecule has 0 saturated carbocycles. The Hall–Kier alpha value is -11.1. The largest absolute Gasteiger partial charge is 0.505 e. The minimum Gasteiger partial charge on any atom is -0.505 e. The Bertz CT molecular complexity index is 5830. The maximum absolute atomic E-state index is 13.4. The van der Waals surface area contributed by atoms with Crippen molar-refractivity contribution in [3.8, 4) is 50.6 Å². The number of ether oxygens (including phenoxy) is 7. The zero-order valence-corrected chi connectivity index (χ0v) is 71.0. The van der Waals surface area contributed by atoms with Crippen LogP contribution in [0, 0.1) is 41.5 Å². The third-order valence-corrected chi connectivity index (χ3v) is 21.4. The summed E-state index contributed by atoms with van der Waals surface area (Å²) in [4.78, 5) is 71.5. The number of rotatable bonds is 19. The van der Waals surface area contributed by atoms with Crippen LogP contribution in [0.5, 0.6) is 17.2 Å². The van der Waals surface area contributed by atoms with E-state index in [1.807, 2.05) is 178 Å². The fourth-order valence-corrected chi connectivity index (χ4v) is 16.5. The van der Waals surface area contributed by atoms with E-state index in [0.29, 0.717) is 76.4 Å². The zero-order valence-electron chi connectivity index (χ0n) is 68.7. The molecule has 0 unspecified atom stereocenters. The van der Waals surface area contributed by atoms with E-state index in [1.54, 1.807) is 12.1 Å². The predicted molar refractivity (Wildman–Crippen MR) is 450 cm³/mol. The highest BCUT2D eigenvalue weighted by molar-refractivity contribution is 6.31. The van der Waals surface area contributed by atoms with Gasteiger partial charge in [0.15, 0.2) is 35.6 Å². The molecule has 31 heteroatoms. The molecule has 2 N–H and O–H groups in total. The third-order valence-electron chi connectivity index (χ3n) is 20.6. The van der Waals surface area contributed by atoms with Gasteiger partial charge in [0.2, 0.25) is 17.8 Å². The zero-order chi connectivity index (χ0) is 85.9. The van der Waals surface area contributed by atoms with E-state index in [1.165, 1.54) is 51.4 Å². The van der Waals surface area contributed by atoms with E-state index in [9.17, 15) is 42.2 Å². The van der Waals surface area contributed by atoms with Crippen LogP contribution < -0.4 is 24.2 Å². The first-order chi connectivity index (χ1) is 56.2. The number of esters is 2. The van der Waals surface area contributed by atoms with Crippen LogP contribution >= 0.6 is 34.8 Å². The molecule has 0 spiro atoms. The lowest BCUT2D eigenvalue weighted by Crippen LogP contribution is -2.32. The van der Waals surface area contributed by atoms with Gasteiger partial charge in [-0.25, -0.2) is 44.3 Å². The van der Waals surface area contributed by atoms with E-state index in [-0.39, 0.29) is 23.2 Å². The maximum Gasteiger partial charge on any atom is 0.387 e. The van der Waals surface area contributed by atoms with Gasteiger partial charge in [-0.2, -0.15) is 17.6 Å². The van der Waals surface area contributed by atoms with Crippen LogP contribution in [0.1, 0.15) is 131 Å². The Morgan fingerprint density at radius 2 is 0.672 bits per heavy atom. The molecule has 0 saturated heterocycles. The normalized spacial score (nSPS) is 14.1. The summed E-state index contributed by atoms with van der Waals surface area (Å²) in [7, 11) is 2.71.